The van der Waals surface area contributed by atoms with E-state index in [1.807, 2.05) is 21.0 Å². The highest BCUT2D eigenvalue weighted by molar-refractivity contribution is 5.80. The number of rotatable bonds is 3. The van der Waals surface area contributed by atoms with Gasteiger partial charge >= 0.3 is 0 Å². The molecule has 1 amide bonds. The van der Waals surface area contributed by atoms with E-state index >= 15 is 0 Å². The molecular weight excluding hydrogens is 248 g/mol. The van der Waals surface area contributed by atoms with Crippen molar-refractivity contribution >= 4 is 5.91 Å². The molecule has 1 saturated carbocycles. The van der Waals surface area contributed by atoms with Gasteiger partial charge in [-0.2, -0.15) is 0 Å². The highest BCUT2D eigenvalue weighted by Crippen LogP contribution is 2.17. The third kappa shape index (κ3) is 7.28. The predicted octanol–water partition coefficient (Wildman–Crippen LogP) is 3.73. The first-order valence-electron chi connectivity index (χ1n) is 8.58. The first-order valence-corrected chi connectivity index (χ1v) is 8.58. The molecule has 1 unspecified atom stereocenters. The van der Waals surface area contributed by atoms with Crippen molar-refractivity contribution in [1.29, 1.82) is 0 Å². The maximum absolute atomic E-state index is 12.0. The maximum Gasteiger partial charge on any atom is 0.238 e. The van der Waals surface area contributed by atoms with E-state index in [0.717, 1.165) is 0 Å². The van der Waals surface area contributed by atoms with Gasteiger partial charge in [-0.05, 0) is 19.8 Å². The molecule has 0 aromatic heterocycles. The summed E-state index contributed by atoms with van der Waals surface area (Å²) in [6.45, 7) is 2.00. The Hall–Kier alpha value is -0.570. The summed E-state index contributed by atoms with van der Waals surface area (Å²) in [6, 6.07) is 0.469. The van der Waals surface area contributed by atoms with E-state index in [0.29, 0.717) is 6.04 Å². The standard InChI is InChI=1S/C17H34N2O/c1-15(17(20)19(2)3)18-16-13-11-9-7-5-4-6-8-10-12-14-16/h15-16,18H,4-14H2,1-3H3. The summed E-state index contributed by atoms with van der Waals surface area (Å²) in [6.07, 6.45) is 14.8. The predicted molar refractivity (Wildman–Crippen MR) is 85.9 cm³/mol. The molecule has 0 heterocycles. The number of hydrogen-bond acceptors (Lipinski definition) is 2. The second-order valence-corrected chi connectivity index (χ2v) is 6.58. The lowest BCUT2D eigenvalue weighted by Crippen LogP contribution is -2.46. The molecule has 1 N–H and O–H groups in total. The summed E-state index contributed by atoms with van der Waals surface area (Å²) in [7, 11) is 3.67. The van der Waals surface area contributed by atoms with Gasteiger partial charge in [0.1, 0.15) is 0 Å². The lowest BCUT2D eigenvalue weighted by Gasteiger charge is -2.25. The van der Waals surface area contributed by atoms with Crippen molar-refractivity contribution in [2.45, 2.75) is 89.6 Å². The van der Waals surface area contributed by atoms with E-state index in [9.17, 15) is 4.79 Å². The molecular formula is C17H34N2O. The molecule has 0 aromatic carbocycles. The van der Waals surface area contributed by atoms with Crippen LogP contribution in [0.3, 0.4) is 0 Å². The molecule has 1 atom stereocenters. The topological polar surface area (TPSA) is 32.3 Å². The van der Waals surface area contributed by atoms with Crippen molar-refractivity contribution in [3.05, 3.63) is 0 Å². The number of amides is 1. The fourth-order valence-corrected chi connectivity index (χ4v) is 3.14. The van der Waals surface area contributed by atoms with E-state index in [2.05, 4.69) is 5.32 Å². The molecule has 0 bridgehead atoms. The van der Waals surface area contributed by atoms with E-state index in [1.165, 1.54) is 70.6 Å². The molecule has 1 fully saturated rings. The Bertz CT molecular complexity index is 254. The number of nitrogens with one attached hydrogen (secondary N) is 1. The second-order valence-electron chi connectivity index (χ2n) is 6.58. The highest BCUT2D eigenvalue weighted by atomic mass is 16.2. The summed E-state index contributed by atoms with van der Waals surface area (Å²) >= 11 is 0. The maximum atomic E-state index is 12.0. The summed E-state index contributed by atoms with van der Waals surface area (Å²) in [4.78, 5) is 13.6. The van der Waals surface area contributed by atoms with Crippen molar-refractivity contribution in [3.8, 4) is 0 Å². The van der Waals surface area contributed by atoms with Gasteiger partial charge in [0.15, 0.2) is 0 Å². The summed E-state index contributed by atoms with van der Waals surface area (Å²) in [5, 5.41) is 3.56. The fraction of sp³-hybridized carbons (Fsp3) is 0.941. The highest BCUT2D eigenvalue weighted by Gasteiger charge is 2.18. The number of carbonyl (C=O) groups is 1. The number of nitrogens with zero attached hydrogens (tertiary/aromatic N) is 1. The average molecular weight is 282 g/mol. The Morgan fingerprint density at radius 2 is 1.30 bits per heavy atom. The lowest BCUT2D eigenvalue weighted by atomic mass is 9.97. The van der Waals surface area contributed by atoms with Gasteiger partial charge in [0.25, 0.3) is 0 Å². The van der Waals surface area contributed by atoms with Gasteiger partial charge in [0, 0.05) is 20.1 Å². The molecule has 0 aliphatic heterocycles. The zero-order chi connectivity index (χ0) is 14.8. The van der Waals surface area contributed by atoms with E-state index in [4.69, 9.17) is 0 Å². The minimum Gasteiger partial charge on any atom is -0.347 e. The monoisotopic (exact) mass is 282 g/mol. The van der Waals surface area contributed by atoms with Gasteiger partial charge in [0.05, 0.1) is 6.04 Å². The van der Waals surface area contributed by atoms with Gasteiger partial charge in [-0.25, -0.2) is 0 Å². The van der Waals surface area contributed by atoms with Gasteiger partial charge in [0.2, 0.25) is 5.91 Å². The van der Waals surface area contributed by atoms with Crippen LogP contribution < -0.4 is 5.32 Å². The van der Waals surface area contributed by atoms with Crippen LogP contribution in [0.15, 0.2) is 0 Å². The molecule has 1 aliphatic rings. The molecule has 20 heavy (non-hydrogen) atoms. The smallest absolute Gasteiger partial charge is 0.238 e. The van der Waals surface area contributed by atoms with Gasteiger partial charge in [-0.1, -0.05) is 57.8 Å². The number of hydrogen-bond donors (Lipinski definition) is 1. The Kier molecular flexibility index (Phi) is 8.92. The normalized spacial score (nSPS) is 21.6. The van der Waals surface area contributed by atoms with Crippen LogP contribution in [-0.4, -0.2) is 37.0 Å². The Balaban J connectivity index is 2.39. The van der Waals surface area contributed by atoms with Crippen molar-refractivity contribution in [2.75, 3.05) is 14.1 Å². The minimum absolute atomic E-state index is 0.0529. The second kappa shape index (κ2) is 10.2. The molecule has 118 valence electrons. The van der Waals surface area contributed by atoms with Crippen LogP contribution in [0.2, 0.25) is 0 Å². The minimum atomic E-state index is -0.0529. The van der Waals surface area contributed by atoms with Crippen LogP contribution in [0, 0.1) is 0 Å². The van der Waals surface area contributed by atoms with Crippen LogP contribution in [0.1, 0.15) is 77.6 Å². The molecule has 0 saturated heterocycles. The van der Waals surface area contributed by atoms with Crippen LogP contribution in [0.4, 0.5) is 0 Å². The van der Waals surface area contributed by atoms with E-state index in [-0.39, 0.29) is 11.9 Å². The Morgan fingerprint density at radius 3 is 1.70 bits per heavy atom. The SMILES string of the molecule is CC(NC1CCCCCCCCCCC1)C(=O)N(C)C. The number of likely N-dealkylation sites (N-methyl/N-ethyl adjacent to an activating group) is 1. The van der Waals surface area contributed by atoms with Crippen LogP contribution in [-0.2, 0) is 4.79 Å². The number of carbonyl (C=O) groups excluding carboxylic acids is 1. The molecule has 3 nitrogen and oxygen atoms in total. The molecule has 0 radical (unpaired) electrons. The molecule has 1 rings (SSSR count). The lowest BCUT2D eigenvalue weighted by molar-refractivity contribution is -0.130. The fourth-order valence-electron chi connectivity index (χ4n) is 3.14. The van der Waals surface area contributed by atoms with E-state index < -0.39 is 0 Å². The van der Waals surface area contributed by atoms with Gasteiger partial charge in [-0.15, -0.1) is 0 Å². The first kappa shape index (κ1) is 17.5. The summed E-state index contributed by atoms with van der Waals surface area (Å²) in [5.74, 6) is 0.191. The van der Waals surface area contributed by atoms with Crippen molar-refractivity contribution < 1.29 is 4.79 Å². The zero-order valence-corrected chi connectivity index (χ0v) is 13.8. The molecule has 0 aromatic rings. The zero-order valence-electron chi connectivity index (χ0n) is 13.8. The van der Waals surface area contributed by atoms with Crippen molar-refractivity contribution in [1.82, 2.24) is 10.2 Å². The quantitative estimate of drug-likeness (QED) is 0.855. The average Bonchev–Trinajstić information content (AvgIpc) is 2.40. The third-order valence-corrected chi connectivity index (χ3v) is 4.40. The van der Waals surface area contributed by atoms with Crippen LogP contribution >= 0.6 is 0 Å². The third-order valence-electron chi connectivity index (χ3n) is 4.40. The summed E-state index contributed by atoms with van der Waals surface area (Å²) < 4.78 is 0. The Morgan fingerprint density at radius 1 is 0.900 bits per heavy atom. The van der Waals surface area contributed by atoms with Crippen LogP contribution in [0.25, 0.3) is 0 Å². The summed E-state index contributed by atoms with van der Waals surface area (Å²) in [5.41, 5.74) is 0. The van der Waals surface area contributed by atoms with E-state index in [1.54, 1.807) is 4.90 Å². The van der Waals surface area contributed by atoms with Gasteiger partial charge in [-0.3, -0.25) is 4.79 Å². The first-order chi connectivity index (χ1) is 9.61. The van der Waals surface area contributed by atoms with Crippen molar-refractivity contribution in [2.24, 2.45) is 0 Å². The van der Waals surface area contributed by atoms with Crippen LogP contribution in [0.5, 0.6) is 0 Å². The molecule has 1 aliphatic carbocycles. The largest absolute Gasteiger partial charge is 0.347 e. The van der Waals surface area contributed by atoms with Gasteiger partial charge < -0.3 is 10.2 Å². The van der Waals surface area contributed by atoms with Crippen molar-refractivity contribution in [3.63, 3.8) is 0 Å². The molecule has 3 heteroatoms. The Labute approximate surface area is 125 Å². The molecule has 0 spiro atoms.